The van der Waals surface area contributed by atoms with Crippen molar-refractivity contribution in [2.24, 2.45) is 0 Å². The molecule has 3 rings (SSSR count). The summed E-state index contributed by atoms with van der Waals surface area (Å²) >= 11 is 0. The number of esters is 1. The minimum absolute atomic E-state index is 0.243. The van der Waals surface area contributed by atoms with E-state index in [2.05, 4.69) is 5.32 Å². The Morgan fingerprint density at radius 1 is 1.19 bits per heavy atom. The summed E-state index contributed by atoms with van der Waals surface area (Å²) in [6.07, 6.45) is 1.87. The Hall–Kier alpha value is -2.29. The summed E-state index contributed by atoms with van der Waals surface area (Å²) in [5, 5.41) is 3.34. The third-order valence-corrected chi connectivity index (χ3v) is 3.83. The Labute approximate surface area is 124 Å². The summed E-state index contributed by atoms with van der Waals surface area (Å²) in [6, 6.07) is 15.5. The lowest BCUT2D eigenvalue weighted by Crippen LogP contribution is -2.14. The molecule has 21 heavy (non-hydrogen) atoms. The lowest BCUT2D eigenvalue weighted by Gasteiger charge is -2.19. The first-order valence-corrected chi connectivity index (χ1v) is 7.37. The van der Waals surface area contributed by atoms with Gasteiger partial charge in [0, 0.05) is 12.2 Å². The summed E-state index contributed by atoms with van der Waals surface area (Å²) in [5.41, 5.74) is 3.96. The van der Waals surface area contributed by atoms with Crippen LogP contribution < -0.4 is 5.32 Å². The van der Waals surface area contributed by atoms with Gasteiger partial charge in [0.1, 0.15) is 6.10 Å². The molecule has 0 aliphatic carbocycles. The number of hydrogen-bond donors (Lipinski definition) is 1. The molecule has 1 heterocycles. The molecular formula is C18H19NO2. The Bertz CT molecular complexity index is 637. The molecule has 2 aromatic rings. The van der Waals surface area contributed by atoms with Crippen LogP contribution in [0.5, 0.6) is 0 Å². The fourth-order valence-electron chi connectivity index (χ4n) is 2.62. The maximum atomic E-state index is 12.3. The molecule has 3 nitrogen and oxygen atoms in total. The van der Waals surface area contributed by atoms with Crippen LogP contribution in [0.3, 0.4) is 0 Å². The largest absolute Gasteiger partial charge is 0.454 e. The van der Waals surface area contributed by atoms with Gasteiger partial charge < -0.3 is 10.1 Å². The quantitative estimate of drug-likeness (QED) is 0.865. The van der Waals surface area contributed by atoms with Crippen molar-refractivity contribution in [3.8, 4) is 0 Å². The minimum Gasteiger partial charge on any atom is -0.454 e. The van der Waals surface area contributed by atoms with Crippen LogP contribution in [0.1, 0.15) is 40.9 Å². The zero-order valence-corrected chi connectivity index (χ0v) is 12.1. The predicted octanol–water partition coefficient (Wildman–Crippen LogP) is 3.96. The van der Waals surface area contributed by atoms with Gasteiger partial charge in [0.15, 0.2) is 0 Å². The van der Waals surface area contributed by atoms with Crippen molar-refractivity contribution < 1.29 is 9.53 Å². The highest BCUT2D eigenvalue weighted by Gasteiger charge is 2.16. The van der Waals surface area contributed by atoms with Crippen molar-refractivity contribution in [1.82, 2.24) is 0 Å². The van der Waals surface area contributed by atoms with E-state index in [1.807, 2.05) is 55.5 Å². The third kappa shape index (κ3) is 3.07. The zero-order valence-electron chi connectivity index (χ0n) is 12.1. The average Bonchev–Trinajstić information content (AvgIpc) is 2.55. The van der Waals surface area contributed by atoms with Crippen molar-refractivity contribution in [2.45, 2.75) is 25.9 Å². The molecule has 0 amide bonds. The first-order chi connectivity index (χ1) is 10.2. The number of ether oxygens (including phenoxy) is 1. The van der Waals surface area contributed by atoms with Crippen LogP contribution in [0.4, 0.5) is 5.69 Å². The van der Waals surface area contributed by atoms with Gasteiger partial charge in [0.05, 0.1) is 5.56 Å². The van der Waals surface area contributed by atoms with E-state index in [0.717, 1.165) is 30.6 Å². The van der Waals surface area contributed by atoms with Crippen LogP contribution in [0, 0.1) is 0 Å². The molecule has 1 unspecified atom stereocenters. The van der Waals surface area contributed by atoms with Gasteiger partial charge in [-0.1, -0.05) is 30.3 Å². The van der Waals surface area contributed by atoms with Crippen LogP contribution >= 0.6 is 0 Å². The number of carbonyl (C=O) groups is 1. The molecule has 1 N–H and O–H groups in total. The molecule has 1 aliphatic heterocycles. The number of rotatable bonds is 3. The molecule has 3 heteroatoms. The maximum Gasteiger partial charge on any atom is 0.338 e. The molecule has 0 aromatic heterocycles. The fourth-order valence-corrected chi connectivity index (χ4v) is 2.62. The molecule has 108 valence electrons. The van der Waals surface area contributed by atoms with E-state index in [1.165, 1.54) is 5.56 Å². The number of nitrogens with one attached hydrogen (secondary N) is 1. The maximum absolute atomic E-state index is 12.3. The van der Waals surface area contributed by atoms with Gasteiger partial charge >= 0.3 is 5.97 Å². The molecule has 1 aliphatic rings. The summed E-state index contributed by atoms with van der Waals surface area (Å²) in [5.74, 6) is -0.264. The lowest BCUT2D eigenvalue weighted by molar-refractivity contribution is 0.0338. The van der Waals surface area contributed by atoms with Gasteiger partial charge in [-0.3, -0.25) is 0 Å². The highest BCUT2D eigenvalue weighted by atomic mass is 16.5. The van der Waals surface area contributed by atoms with E-state index >= 15 is 0 Å². The highest BCUT2D eigenvalue weighted by Crippen LogP contribution is 2.24. The average molecular weight is 281 g/mol. The SMILES string of the molecule is CC(OC(=O)c1ccc2c(c1)CCCN2)c1ccccc1. The molecule has 0 bridgehead atoms. The van der Waals surface area contributed by atoms with Crippen molar-refractivity contribution in [1.29, 1.82) is 0 Å². The van der Waals surface area contributed by atoms with Gasteiger partial charge in [-0.05, 0) is 49.1 Å². The van der Waals surface area contributed by atoms with Crippen LogP contribution in [-0.4, -0.2) is 12.5 Å². The normalized spacial score (nSPS) is 14.7. The van der Waals surface area contributed by atoms with Gasteiger partial charge in [-0.2, -0.15) is 0 Å². The number of hydrogen-bond acceptors (Lipinski definition) is 3. The van der Waals surface area contributed by atoms with E-state index in [1.54, 1.807) is 0 Å². The Kier molecular flexibility index (Phi) is 3.91. The van der Waals surface area contributed by atoms with Crippen molar-refractivity contribution >= 4 is 11.7 Å². The molecule has 0 spiro atoms. The number of fused-ring (bicyclic) bond motifs is 1. The number of carbonyl (C=O) groups excluding carboxylic acids is 1. The van der Waals surface area contributed by atoms with E-state index in [0.29, 0.717) is 5.56 Å². The standard InChI is InChI=1S/C18H19NO2/c1-13(14-6-3-2-4-7-14)21-18(20)16-9-10-17-15(12-16)8-5-11-19-17/h2-4,6-7,9-10,12-13,19H,5,8,11H2,1H3. The van der Waals surface area contributed by atoms with Crippen molar-refractivity contribution in [3.63, 3.8) is 0 Å². The Morgan fingerprint density at radius 2 is 2.00 bits per heavy atom. The topological polar surface area (TPSA) is 38.3 Å². The first-order valence-electron chi connectivity index (χ1n) is 7.37. The van der Waals surface area contributed by atoms with Crippen LogP contribution in [-0.2, 0) is 11.2 Å². The van der Waals surface area contributed by atoms with Gasteiger partial charge in [0.25, 0.3) is 0 Å². The highest BCUT2D eigenvalue weighted by molar-refractivity contribution is 5.90. The number of benzene rings is 2. The second-order valence-corrected chi connectivity index (χ2v) is 5.36. The van der Waals surface area contributed by atoms with E-state index in [9.17, 15) is 4.79 Å². The summed E-state index contributed by atoms with van der Waals surface area (Å²) in [7, 11) is 0. The van der Waals surface area contributed by atoms with Gasteiger partial charge in [-0.25, -0.2) is 4.79 Å². The van der Waals surface area contributed by atoms with Gasteiger partial charge in [-0.15, -0.1) is 0 Å². The molecule has 0 fully saturated rings. The molecule has 0 saturated carbocycles. The monoisotopic (exact) mass is 281 g/mol. The molecule has 2 aromatic carbocycles. The Balaban J connectivity index is 1.73. The Morgan fingerprint density at radius 3 is 2.81 bits per heavy atom. The van der Waals surface area contributed by atoms with Crippen LogP contribution in [0.2, 0.25) is 0 Å². The van der Waals surface area contributed by atoms with Crippen molar-refractivity contribution in [2.75, 3.05) is 11.9 Å². The van der Waals surface area contributed by atoms with Crippen LogP contribution in [0.25, 0.3) is 0 Å². The van der Waals surface area contributed by atoms with Crippen LogP contribution in [0.15, 0.2) is 48.5 Å². The van der Waals surface area contributed by atoms with Gasteiger partial charge in [0.2, 0.25) is 0 Å². The second-order valence-electron chi connectivity index (χ2n) is 5.36. The molecular weight excluding hydrogens is 262 g/mol. The van der Waals surface area contributed by atoms with E-state index < -0.39 is 0 Å². The molecule has 0 saturated heterocycles. The first kappa shape index (κ1) is 13.7. The summed E-state index contributed by atoms with van der Waals surface area (Å²) in [4.78, 5) is 12.3. The second kappa shape index (κ2) is 6.00. The number of anilines is 1. The molecule has 0 radical (unpaired) electrons. The minimum atomic E-state index is -0.264. The zero-order chi connectivity index (χ0) is 14.7. The lowest BCUT2D eigenvalue weighted by atomic mass is 10.0. The van der Waals surface area contributed by atoms with Crippen molar-refractivity contribution in [3.05, 3.63) is 65.2 Å². The summed E-state index contributed by atoms with van der Waals surface area (Å²) < 4.78 is 5.55. The molecule has 1 atom stereocenters. The van der Waals surface area contributed by atoms with E-state index in [-0.39, 0.29) is 12.1 Å². The summed E-state index contributed by atoms with van der Waals surface area (Å²) in [6.45, 7) is 2.90. The predicted molar refractivity (Wildman–Crippen MR) is 83.5 cm³/mol. The fraction of sp³-hybridized carbons (Fsp3) is 0.278. The van der Waals surface area contributed by atoms with E-state index in [4.69, 9.17) is 4.74 Å². The number of aryl methyl sites for hydroxylation is 1. The smallest absolute Gasteiger partial charge is 0.338 e. The third-order valence-electron chi connectivity index (χ3n) is 3.83.